The molecule has 3 aliphatic rings. The average molecular weight is 559 g/mol. The lowest BCUT2D eigenvalue weighted by molar-refractivity contribution is -0.274. The molecule has 2 aromatic carbocycles. The summed E-state index contributed by atoms with van der Waals surface area (Å²) in [6.07, 6.45) is 2.17. The molecule has 212 valence electrons. The monoisotopic (exact) mass is 558 g/mol. The van der Waals surface area contributed by atoms with E-state index in [0.717, 1.165) is 36.9 Å². The van der Waals surface area contributed by atoms with E-state index in [1.807, 2.05) is 0 Å². The largest absolute Gasteiger partial charge is 0.573 e. The number of esters is 1. The van der Waals surface area contributed by atoms with E-state index in [-0.39, 0.29) is 36.1 Å². The van der Waals surface area contributed by atoms with Crippen molar-refractivity contribution in [3.05, 3.63) is 71.3 Å². The first kappa shape index (κ1) is 26.7. The van der Waals surface area contributed by atoms with Crippen LogP contribution in [-0.4, -0.2) is 42.6 Å². The molecule has 10 heteroatoms. The third-order valence-corrected chi connectivity index (χ3v) is 8.21. The summed E-state index contributed by atoms with van der Waals surface area (Å²) in [5.41, 5.74) is 3.52. The molecule has 40 heavy (non-hydrogen) atoms. The second kappa shape index (κ2) is 10.5. The van der Waals surface area contributed by atoms with Gasteiger partial charge in [0.05, 0.1) is 31.1 Å². The Hall–Kier alpha value is -3.53. The van der Waals surface area contributed by atoms with Crippen LogP contribution < -0.4 is 9.64 Å². The van der Waals surface area contributed by atoms with Gasteiger partial charge < -0.3 is 24.1 Å². The molecule has 1 aliphatic carbocycles. The quantitative estimate of drug-likeness (QED) is 0.236. The number of nitrogens with zero attached hydrogens (tertiary/aromatic N) is 1. The molecule has 1 saturated carbocycles. The van der Waals surface area contributed by atoms with Crippen molar-refractivity contribution in [3.8, 4) is 16.9 Å². The van der Waals surface area contributed by atoms with Gasteiger partial charge in [0.1, 0.15) is 11.6 Å². The predicted molar refractivity (Wildman–Crippen MR) is 140 cm³/mol. The van der Waals surface area contributed by atoms with E-state index in [2.05, 4.69) is 14.6 Å². The molecular weight excluding hydrogens is 528 g/mol. The third kappa shape index (κ3) is 5.29. The SMILES string of the molecule is COC(=O)c1ccc(N2C3CCC2CC(OCc2c(-c4ccccc4OC(F)(F)F)c[nH]c2C2CC2)C3)c(F)c1. The maximum Gasteiger partial charge on any atom is 0.573 e. The van der Waals surface area contributed by atoms with Crippen molar-refractivity contribution in [3.63, 3.8) is 0 Å². The second-order valence-electron chi connectivity index (χ2n) is 10.8. The molecule has 3 aromatic rings. The fourth-order valence-corrected chi connectivity index (χ4v) is 6.32. The summed E-state index contributed by atoms with van der Waals surface area (Å²) < 4.78 is 69.8. The number of aromatic nitrogens is 1. The molecular formula is C30H30F4N2O4. The fraction of sp³-hybridized carbons (Fsp3) is 0.433. The summed E-state index contributed by atoms with van der Waals surface area (Å²) in [4.78, 5) is 17.2. The second-order valence-corrected chi connectivity index (χ2v) is 10.8. The highest BCUT2D eigenvalue weighted by Gasteiger charge is 2.42. The van der Waals surface area contributed by atoms with Crippen molar-refractivity contribution in [2.24, 2.45) is 0 Å². The highest BCUT2D eigenvalue weighted by Crippen LogP contribution is 2.46. The number of anilines is 1. The molecule has 3 fully saturated rings. The number of aromatic amines is 1. The minimum atomic E-state index is -4.80. The van der Waals surface area contributed by atoms with Crippen LogP contribution in [0.3, 0.4) is 0 Å². The predicted octanol–water partition coefficient (Wildman–Crippen LogP) is 7.10. The van der Waals surface area contributed by atoms with Crippen LogP contribution in [0.4, 0.5) is 23.2 Å². The van der Waals surface area contributed by atoms with E-state index in [0.29, 0.717) is 35.6 Å². The van der Waals surface area contributed by atoms with Gasteiger partial charge in [-0.3, -0.25) is 0 Å². The Morgan fingerprint density at radius 2 is 1.75 bits per heavy atom. The molecule has 2 atom stereocenters. The van der Waals surface area contributed by atoms with E-state index < -0.39 is 18.1 Å². The lowest BCUT2D eigenvalue weighted by Gasteiger charge is -2.40. The van der Waals surface area contributed by atoms with Crippen LogP contribution in [0.15, 0.2) is 48.7 Å². The van der Waals surface area contributed by atoms with Crippen molar-refractivity contribution >= 4 is 11.7 Å². The zero-order valence-corrected chi connectivity index (χ0v) is 22.0. The minimum Gasteiger partial charge on any atom is -0.465 e. The topological polar surface area (TPSA) is 63.8 Å². The van der Waals surface area contributed by atoms with Crippen molar-refractivity contribution in [2.75, 3.05) is 12.0 Å². The van der Waals surface area contributed by atoms with Gasteiger partial charge in [-0.1, -0.05) is 18.2 Å². The number of benzene rings is 2. The first-order valence-corrected chi connectivity index (χ1v) is 13.5. The Balaban J connectivity index is 1.19. The molecule has 0 radical (unpaired) electrons. The number of para-hydroxylation sites is 1. The third-order valence-electron chi connectivity index (χ3n) is 8.21. The summed E-state index contributed by atoms with van der Waals surface area (Å²) in [5.74, 6) is -0.936. The van der Waals surface area contributed by atoms with Crippen molar-refractivity contribution in [2.45, 2.75) is 75.6 Å². The van der Waals surface area contributed by atoms with E-state index in [4.69, 9.17) is 9.47 Å². The fourth-order valence-electron chi connectivity index (χ4n) is 6.32. The number of carbonyl (C=O) groups is 1. The number of rotatable bonds is 8. The molecule has 2 bridgehead atoms. The normalized spacial score (nSPS) is 22.4. The lowest BCUT2D eigenvalue weighted by atomic mass is 9.97. The summed E-state index contributed by atoms with van der Waals surface area (Å²) >= 11 is 0. The van der Waals surface area contributed by atoms with Gasteiger partial charge in [0.2, 0.25) is 0 Å². The van der Waals surface area contributed by atoms with Crippen molar-refractivity contribution in [1.29, 1.82) is 0 Å². The molecule has 6 nitrogen and oxygen atoms in total. The van der Waals surface area contributed by atoms with E-state index in [1.54, 1.807) is 30.5 Å². The van der Waals surface area contributed by atoms with Crippen molar-refractivity contribution in [1.82, 2.24) is 4.98 Å². The average Bonchev–Trinajstić information content (AvgIpc) is 3.63. The molecule has 1 aromatic heterocycles. The Kier molecular flexibility index (Phi) is 6.98. The first-order valence-electron chi connectivity index (χ1n) is 13.5. The number of halogens is 4. The molecule has 0 spiro atoms. The molecule has 3 heterocycles. The van der Waals surface area contributed by atoms with Gasteiger partial charge in [-0.15, -0.1) is 13.2 Å². The molecule has 0 amide bonds. The van der Waals surface area contributed by atoms with E-state index >= 15 is 4.39 Å². The highest BCUT2D eigenvalue weighted by molar-refractivity contribution is 5.89. The summed E-state index contributed by atoms with van der Waals surface area (Å²) in [6.45, 7) is 0.261. The van der Waals surface area contributed by atoms with Gasteiger partial charge in [-0.05, 0) is 68.7 Å². The van der Waals surface area contributed by atoms with Gasteiger partial charge >= 0.3 is 12.3 Å². The van der Waals surface area contributed by atoms with Crippen LogP contribution in [-0.2, 0) is 16.1 Å². The summed E-state index contributed by atoms with van der Waals surface area (Å²) in [5, 5.41) is 0. The van der Waals surface area contributed by atoms with Gasteiger partial charge in [-0.2, -0.15) is 0 Å². The maximum atomic E-state index is 15.0. The maximum absolute atomic E-state index is 15.0. The van der Waals surface area contributed by atoms with Gasteiger partial charge in [0.15, 0.2) is 0 Å². The van der Waals surface area contributed by atoms with Crippen LogP contribution in [0.1, 0.15) is 66.1 Å². The number of alkyl halides is 3. The van der Waals surface area contributed by atoms with Crippen LogP contribution in [0.25, 0.3) is 11.1 Å². The van der Waals surface area contributed by atoms with Crippen LogP contribution >= 0.6 is 0 Å². The van der Waals surface area contributed by atoms with E-state index in [9.17, 15) is 18.0 Å². The highest BCUT2D eigenvalue weighted by atomic mass is 19.4. The number of fused-ring (bicyclic) bond motifs is 2. The van der Waals surface area contributed by atoms with E-state index in [1.165, 1.54) is 25.3 Å². The summed E-state index contributed by atoms with van der Waals surface area (Å²) in [6, 6.07) is 10.8. The number of H-pyrrole nitrogens is 1. The Morgan fingerprint density at radius 1 is 1.02 bits per heavy atom. The molecule has 6 rings (SSSR count). The molecule has 2 unspecified atom stereocenters. The first-order chi connectivity index (χ1) is 19.2. The number of hydrogen-bond acceptors (Lipinski definition) is 5. The van der Waals surface area contributed by atoms with Crippen LogP contribution in [0.2, 0.25) is 0 Å². The number of ether oxygens (including phenoxy) is 3. The van der Waals surface area contributed by atoms with Crippen molar-refractivity contribution < 1.29 is 36.6 Å². The Bertz CT molecular complexity index is 1390. The van der Waals surface area contributed by atoms with Gasteiger partial charge in [0.25, 0.3) is 0 Å². The number of carbonyl (C=O) groups excluding carboxylic acids is 1. The molecule has 2 saturated heterocycles. The number of nitrogens with one attached hydrogen (secondary N) is 1. The number of methoxy groups -OCH3 is 1. The van der Waals surface area contributed by atoms with Crippen LogP contribution in [0, 0.1) is 5.82 Å². The number of hydrogen-bond donors (Lipinski definition) is 1. The molecule has 1 N–H and O–H groups in total. The Labute approximate surface area is 229 Å². The standard InChI is InChI=1S/C30H30F4N2O4/c1-38-29(37)18-8-11-26(25(31)12-18)36-19-9-10-20(36)14-21(13-19)39-16-24-23(15-35-28(24)17-6-7-17)22-4-2-3-5-27(22)40-30(32,33)34/h2-5,8,11-12,15,17,19-21,35H,6-7,9-10,13-14,16H2,1H3. The van der Waals surface area contributed by atoms with Crippen LogP contribution in [0.5, 0.6) is 5.75 Å². The van der Waals surface area contributed by atoms with Gasteiger partial charge in [0, 0.05) is 40.7 Å². The smallest absolute Gasteiger partial charge is 0.465 e. The lowest BCUT2D eigenvalue weighted by Crippen LogP contribution is -2.46. The Morgan fingerprint density at radius 3 is 2.40 bits per heavy atom. The number of piperidine rings is 1. The van der Waals surface area contributed by atoms with Gasteiger partial charge in [-0.25, -0.2) is 9.18 Å². The summed E-state index contributed by atoms with van der Waals surface area (Å²) in [7, 11) is 1.26. The zero-order valence-electron chi connectivity index (χ0n) is 22.0. The minimum absolute atomic E-state index is 0.0670. The molecule has 2 aliphatic heterocycles. The zero-order chi connectivity index (χ0) is 28.0.